The fourth-order valence-electron chi connectivity index (χ4n) is 2.52. The zero-order chi connectivity index (χ0) is 15.9. The van der Waals surface area contributed by atoms with Gasteiger partial charge in [-0.1, -0.05) is 91.0 Å². The Bertz CT molecular complexity index is 710. The molecular weight excluding hydrogens is 299 g/mol. The maximum Gasteiger partial charge on any atom is 0.0540 e. The first-order valence-corrected chi connectivity index (χ1v) is 9.20. The molecule has 0 aliphatic rings. The van der Waals surface area contributed by atoms with Crippen LogP contribution in [0.2, 0.25) is 0 Å². The Morgan fingerprint density at radius 2 is 1.13 bits per heavy atom. The lowest BCUT2D eigenvalue weighted by atomic mass is 10.00. The van der Waals surface area contributed by atoms with Crippen LogP contribution in [0.4, 0.5) is 0 Å². The third kappa shape index (κ3) is 4.39. The van der Waals surface area contributed by atoms with Gasteiger partial charge < -0.3 is 4.89 Å². The molecule has 1 unspecified atom stereocenters. The summed E-state index contributed by atoms with van der Waals surface area (Å²) in [6, 6.07) is 30.6. The van der Waals surface area contributed by atoms with E-state index in [9.17, 15) is 4.89 Å². The minimum absolute atomic E-state index is 0.680. The SMILES string of the molecule is OP(C=C(c1ccccc1)c1ccccc1)Cc1ccccc1. The number of benzene rings is 3. The molecule has 0 aliphatic heterocycles. The van der Waals surface area contributed by atoms with Crippen molar-refractivity contribution < 1.29 is 4.89 Å². The van der Waals surface area contributed by atoms with Gasteiger partial charge in [-0.15, -0.1) is 0 Å². The molecule has 0 fully saturated rings. The van der Waals surface area contributed by atoms with Crippen LogP contribution >= 0.6 is 8.15 Å². The third-order valence-electron chi connectivity index (χ3n) is 3.64. The maximum absolute atomic E-state index is 10.6. The van der Waals surface area contributed by atoms with E-state index in [1.807, 2.05) is 60.4 Å². The molecule has 0 aliphatic carbocycles. The largest absolute Gasteiger partial charge is 0.369 e. The van der Waals surface area contributed by atoms with Crippen LogP contribution in [0.5, 0.6) is 0 Å². The molecule has 23 heavy (non-hydrogen) atoms. The van der Waals surface area contributed by atoms with Gasteiger partial charge in [0.1, 0.15) is 0 Å². The average Bonchev–Trinajstić information content (AvgIpc) is 2.62. The molecule has 0 bridgehead atoms. The summed E-state index contributed by atoms with van der Waals surface area (Å²) in [6.45, 7) is 0. The monoisotopic (exact) mass is 318 g/mol. The molecule has 3 aromatic carbocycles. The summed E-state index contributed by atoms with van der Waals surface area (Å²) < 4.78 is 0. The number of hydrogen-bond donors (Lipinski definition) is 1. The molecule has 0 saturated carbocycles. The molecule has 0 radical (unpaired) electrons. The summed E-state index contributed by atoms with van der Waals surface area (Å²) in [5, 5.41) is 0. The molecular formula is C21H19OP. The Labute approximate surface area is 138 Å². The van der Waals surface area contributed by atoms with Crippen molar-refractivity contribution in [1.82, 2.24) is 0 Å². The summed E-state index contributed by atoms with van der Waals surface area (Å²) in [7, 11) is -1.21. The Balaban J connectivity index is 1.92. The van der Waals surface area contributed by atoms with Crippen LogP contribution in [-0.4, -0.2) is 4.89 Å². The van der Waals surface area contributed by atoms with Crippen LogP contribution in [0.3, 0.4) is 0 Å². The van der Waals surface area contributed by atoms with E-state index in [1.54, 1.807) is 0 Å². The third-order valence-corrected chi connectivity index (χ3v) is 4.88. The van der Waals surface area contributed by atoms with Crippen molar-refractivity contribution in [3.8, 4) is 0 Å². The van der Waals surface area contributed by atoms with Crippen molar-refractivity contribution in [3.63, 3.8) is 0 Å². The first-order chi connectivity index (χ1) is 11.3. The van der Waals surface area contributed by atoms with E-state index in [0.717, 1.165) is 22.3 Å². The summed E-state index contributed by atoms with van der Waals surface area (Å²) >= 11 is 0. The highest BCUT2D eigenvalue weighted by Gasteiger charge is 2.09. The topological polar surface area (TPSA) is 20.2 Å². The van der Waals surface area contributed by atoms with Gasteiger partial charge in [-0.2, -0.15) is 0 Å². The minimum Gasteiger partial charge on any atom is -0.369 e. The van der Waals surface area contributed by atoms with Crippen LogP contribution in [0.1, 0.15) is 16.7 Å². The van der Waals surface area contributed by atoms with E-state index in [0.29, 0.717) is 6.16 Å². The van der Waals surface area contributed by atoms with Gasteiger partial charge in [0.05, 0.1) is 8.15 Å². The molecule has 3 rings (SSSR count). The first kappa shape index (κ1) is 15.7. The lowest BCUT2D eigenvalue weighted by molar-refractivity contribution is 0.632. The zero-order valence-corrected chi connectivity index (χ0v) is 13.7. The Hall–Kier alpha value is -2.21. The van der Waals surface area contributed by atoms with Crippen molar-refractivity contribution in [2.75, 3.05) is 0 Å². The molecule has 3 aromatic rings. The lowest BCUT2D eigenvalue weighted by Gasteiger charge is -2.12. The second-order valence-corrected chi connectivity index (χ2v) is 6.81. The van der Waals surface area contributed by atoms with Gasteiger partial charge in [0.2, 0.25) is 0 Å². The van der Waals surface area contributed by atoms with E-state index >= 15 is 0 Å². The molecule has 0 spiro atoms. The van der Waals surface area contributed by atoms with Crippen LogP contribution < -0.4 is 0 Å². The number of rotatable bonds is 5. The van der Waals surface area contributed by atoms with Crippen molar-refractivity contribution >= 4 is 13.7 Å². The van der Waals surface area contributed by atoms with Gasteiger partial charge in [-0.25, -0.2) is 0 Å². The van der Waals surface area contributed by atoms with E-state index in [4.69, 9.17) is 0 Å². The highest BCUT2D eigenvalue weighted by molar-refractivity contribution is 7.54. The zero-order valence-electron chi connectivity index (χ0n) is 12.8. The van der Waals surface area contributed by atoms with E-state index in [-0.39, 0.29) is 0 Å². The smallest absolute Gasteiger partial charge is 0.0540 e. The molecule has 0 saturated heterocycles. The fourth-order valence-corrected chi connectivity index (χ4v) is 3.79. The van der Waals surface area contributed by atoms with Gasteiger partial charge >= 0.3 is 0 Å². The normalized spacial score (nSPS) is 11.7. The molecule has 114 valence electrons. The second-order valence-electron chi connectivity index (χ2n) is 5.36. The van der Waals surface area contributed by atoms with Crippen molar-refractivity contribution in [2.24, 2.45) is 0 Å². The van der Waals surface area contributed by atoms with Crippen LogP contribution in [0.15, 0.2) is 96.8 Å². The van der Waals surface area contributed by atoms with E-state index in [1.165, 1.54) is 0 Å². The highest BCUT2D eigenvalue weighted by Crippen LogP contribution is 2.41. The van der Waals surface area contributed by atoms with Crippen LogP contribution in [0, 0.1) is 0 Å². The van der Waals surface area contributed by atoms with Gasteiger partial charge in [-0.3, -0.25) is 0 Å². The molecule has 1 atom stereocenters. The maximum atomic E-state index is 10.6. The lowest BCUT2D eigenvalue weighted by Crippen LogP contribution is -1.88. The molecule has 0 amide bonds. The molecule has 0 aromatic heterocycles. The second kappa shape index (κ2) is 7.87. The van der Waals surface area contributed by atoms with Gasteiger partial charge in [0, 0.05) is 6.16 Å². The summed E-state index contributed by atoms with van der Waals surface area (Å²) in [5.41, 5.74) is 4.52. The van der Waals surface area contributed by atoms with Crippen molar-refractivity contribution in [1.29, 1.82) is 0 Å². The Morgan fingerprint density at radius 3 is 1.61 bits per heavy atom. The van der Waals surface area contributed by atoms with E-state index in [2.05, 4.69) is 36.4 Å². The van der Waals surface area contributed by atoms with Crippen molar-refractivity contribution in [2.45, 2.75) is 6.16 Å². The molecule has 1 N–H and O–H groups in total. The molecule has 2 heteroatoms. The summed E-state index contributed by atoms with van der Waals surface area (Å²) in [4.78, 5) is 10.6. The van der Waals surface area contributed by atoms with Gasteiger partial charge in [0.15, 0.2) is 0 Å². The first-order valence-electron chi connectivity index (χ1n) is 7.65. The van der Waals surface area contributed by atoms with Gasteiger partial charge in [0.25, 0.3) is 0 Å². The van der Waals surface area contributed by atoms with Crippen molar-refractivity contribution in [3.05, 3.63) is 114 Å². The van der Waals surface area contributed by atoms with Crippen LogP contribution in [-0.2, 0) is 6.16 Å². The van der Waals surface area contributed by atoms with Gasteiger partial charge in [-0.05, 0) is 28.1 Å². The average molecular weight is 318 g/mol. The Morgan fingerprint density at radius 1 is 0.696 bits per heavy atom. The standard InChI is InChI=1S/C21H19OP/c22-23(16-18-10-4-1-5-11-18)17-21(19-12-6-2-7-13-19)20-14-8-3-9-15-20/h1-15,17,22H,16H2. The predicted octanol–water partition coefficient (Wildman–Crippen LogP) is 5.67. The summed E-state index contributed by atoms with van der Waals surface area (Å²) in [6.07, 6.45) is 0.680. The minimum atomic E-state index is -1.21. The van der Waals surface area contributed by atoms with Crippen LogP contribution in [0.25, 0.3) is 5.57 Å². The predicted molar refractivity (Wildman–Crippen MR) is 99.2 cm³/mol. The fraction of sp³-hybridized carbons (Fsp3) is 0.0476. The Kier molecular flexibility index (Phi) is 5.37. The number of hydrogen-bond acceptors (Lipinski definition) is 1. The highest BCUT2D eigenvalue weighted by atomic mass is 31.1. The molecule has 1 nitrogen and oxygen atoms in total. The van der Waals surface area contributed by atoms with E-state index < -0.39 is 8.15 Å². The summed E-state index contributed by atoms with van der Waals surface area (Å²) in [5.74, 6) is 2.02. The molecule has 0 heterocycles. The quantitative estimate of drug-likeness (QED) is 0.601.